The zero-order valence-electron chi connectivity index (χ0n) is 10.6. The lowest BCUT2D eigenvalue weighted by Gasteiger charge is -2.17. The number of rotatable bonds is 2. The molecule has 0 aliphatic rings. The van der Waals surface area contributed by atoms with E-state index in [1.165, 1.54) is 17.0 Å². The van der Waals surface area contributed by atoms with Crippen LogP contribution >= 0.6 is 11.6 Å². The number of hydrogen-bond donors (Lipinski definition) is 0. The maximum atomic E-state index is 13.1. The van der Waals surface area contributed by atoms with Crippen molar-refractivity contribution >= 4 is 23.2 Å². The van der Waals surface area contributed by atoms with Crippen molar-refractivity contribution in [2.75, 3.05) is 11.9 Å². The average Bonchev–Trinajstić information content (AvgIpc) is 2.48. The summed E-state index contributed by atoms with van der Waals surface area (Å²) in [6, 6.07) is 12.4. The third-order valence-electron chi connectivity index (χ3n) is 2.85. The summed E-state index contributed by atoms with van der Waals surface area (Å²) in [5, 5.41) is 8.64. The van der Waals surface area contributed by atoms with Gasteiger partial charge in [-0.15, -0.1) is 0 Å². The van der Waals surface area contributed by atoms with E-state index >= 15 is 0 Å². The molecule has 0 heterocycles. The normalized spacial score (nSPS) is 9.90. The molecule has 2 aromatic rings. The molecule has 0 fully saturated rings. The number of anilines is 1. The summed E-state index contributed by atoms with van der Waals surface area (Å²) in [6.07, 6.45) is 0. The van der Waals surface area contributed by atoms with Crippen LogP contribution in [0.3, 0.4) is 0 Å². The van der Waals surface area contributed by atoms with Gasteiger partial charge < -0.3 is 4.90 Å². The zero-order chi connectivity index (χ0) is 14.7. The first-order chi connectivity index (χ1) is 9.52. The first-order valence-corrected chi connectivity index (χ1v) is 6.14. The van der Waals surface area contributed by atoms with Gasteiger partial charge in [0.2, 0.25) is 0 Å². The number of halogens is 2. The lowest BCUT2D eigenvalue weighted by Crippen LogP contribution is -2.26. The second-order valence-corrected chi connectivity index (χ2v) is 4.56. The first kappa shape index (κ1) is 14.0. The highest BCUT2D eigenvalue weighted by atomic mass is 35.5. The van der Waals surface area contributed by atoms with E-state index < -0.39 is 5.82 Å². The van der Waals surface area contributed by atoms with Crippen LogP contribution in [0.25, 0.3) is 0 Å². The van der Waals surface area contributed by atoms with Gasteiger partial charge in [-0.3, -0.25) is 4.79 Å². The van der Waals surface area contributed by atoms with Crippen molar-refractivity contribution in [3.63, 3.8) is 0 Å². The fourth-order valence-electron chi connectivity index (χ4n) is 1.70. The SMILES string of the molecule is CN(C(=O)c1ccc(F)c(Cl)c1)c1ccc(C#N)cc1. The molecular formula is C15H10ClFN2O. The summed E-state index contributed by atoms with van der Waals surface area (Å²) in [4.78, 5) is 13.7. The van der Waals surface area contributed by atoms with Crippen molar-refractivity contribution in [1.29, 1.82) is 5.26 Å². The predicted molar refractivity (Wildman–Crippen MR) is 75.3 cm³/mol. The number of hydrogen-bond acceptors (Lipinski definition) is 2. The molecule has 2 aromatic carbocycles. The molecule has 0 atom stereocenters. The first-order valence-electron chi connectivity index (χ1n) is 5.76. The molecule has 0 aliphatic carbocycles. The molecule has 3 nitrogen and oxygen atoms in total. The van der Waals surface area contributed by atoms with Crippen molar-refractivity contribution in [3.05, 3.63) is 64.4 Å². The Morgan fingerprint density at radius 3 is 2.45 bits per heavy atom. The fourth-order valence-corrected chi connectivity index (χ4v) is 1.88. The highest BCUT2D eigenvalue weighted by molar-refractivity contribution is 6.31. The molecule has 0 saturated heterocycles. The number of nitrogens with zero attached hydrogens (tertiary/aromatic N) is 2. The maximum absolute atomic E-state index is 13.1. The standard InChI is InChI=1S/C15H10ClFN2O/c1-19(12-5-2-10(9-18)3-6-12)15(20)11-4-7-14(17)13(16)8-11/h2-8H,1H3. The summed E-state index contributed by atoms with van der Waals surface area (Å²) in [5.41, 5.74) is 1.44. The monoisotopic (exact) mass is 288 g/mol. The van der Waals surface area contributed by atoms with E-state index in [1.54, 1.807) is 31.3 Å². The van der Waals surface area contributed by atoms with Crippen LogP contribution in [0.2, 0.25) is 5.02 Å². The van der Waals surface area contributed by atoms with Crippen LogP contribution in [0.5, 0.6) is 0 Å². The van der Waals surface area contributed by atoms with Gasteiger partial charge in [0, 0.05) is 18.3 Å². The lowest BCUT2D eigenvalue weighted by molar-refractivity contribution is 0.0993. The van der Waals surface area contributed by atoms with Gasteiger partial charge in [0.05, 0.1) is 16.7 Å². The molecule has 0 N–H and O–H groups in total. The van der Waals surface area contributed by atoms with Crippen molar-refractivity contribution in [2.45, 2.75) is 0 Å². The average molecular weight is 289 g/mol. The Morgan fingerprint density at radius 2 is 1.90 bits per heavy atom. The van der Waals surface area contributed by atoms with E-state index in [0.29, 0.717) is 16.8 Å². The van der Waals surface area contributed by atoms with Crippen molar-refractivity contribution in [3.8, 4) is 6.07 Å². The van der Waals surface area contributed by atoms with Gasteiger partial charge in [-0.1, -0.05) is 11.6 Å². The molecule has 0 bridgehead atoms. The van der Waals surface area contributed by atoms with Crippen LogP contribution < -0.4 is 4.90 Å². The smallest absolute Gasteiger partial charge is 0.258 e. The molecule has 1 amide bonds. The van der Waals surface area contributed by atoms with Crippen LogP contribution in [-0.4, -0.2) is 13.0 Å². The number of carbonyl (C=O) groups is 1. The minimum absolute atomic E-state index is 0.0934. The van der Waals surface area contributed by atoms with Crippen LogP contribution in [0.4, 0.5) is 10.1 Å². The summed E-state index contributed by atoms with van der Waals surface area (Å²) < 4.78 is 13.1. The third-order valence-corrected chi connectivity index (χ3v) is 3.14. The Morgan fingerprint density at radius 1 is 1.25 bits per heavy atom. The minimum atomic E-state index is -0.566. The van der Waals surface area contributed by atoms with E-state index in [9.17, 15) is 9.18 Å². The van der Waals surface area contributed by atoms with E-state index in [1.807, 2.05) is 6.07 Å². The van der Waals surface area contributed by atoms with Gasteiger partial charge in [0.15, 0.2) is 0 Å². The number of carbonyl (C=O) groups excluding carboxylic acids is 1. The second-order valence-electron chi connectivity index (χ2n) is 4.15. The Balaban J connectivity index is 2.27. The predicted octanol–water partition coefficient (Wildman–Crippen LogP) is 3.63. The molecule has 0 spiro atoms. The van der Waals surface area contributed by atoms with Gasteiger partial charge in [0.25, 0.3) is 5.91 Å². The summed E-state index contributed by atoms with van der Waals surface area (Å²) >= 11 is 5.67. The fraction of sp³-hybridized carbons (Fsp3) is 0.0667. The van der Waals surface area contributed by atoms with Gasteiger partial charge >= 0.3 is 0 Å². The molecule has 0 saturated carbocycles. The maximum Gasteiger partial charge on any atom is 0.258 e. The van der Waals surface area contributed by atoms with Gasteiger partial charge in [0.1, 0.15) is 5.82 Å². The molecule has 0 aromatic heterocycles. The summed E-state index contributed by atoms with van der Waals surface area (Å²) in [6.45, 7) is 0. The van der Waals surface area contributed by atoms with Crippen molar-refractivity contribution < 1.29 is 9.18 Å². The van der Waals surface area contributed by atoms with Gasteiger partial charge in [-0.2, -0.15) is 5.26 Å². The second kappa shape index (κ2) is 5.72. The van der Waals surface area contributed by atoms with E-state index in [4.69, 9.17) is 16.9 Å². The highest BCUT2D eigenvalue weighted by Crippen LogP contribution is 2.20. The van der Waals surface area contributed by atoms with E-state index in [0.717, 1.165) is 6.07 Å². The number of amides is 1. The largest absolute Gasteiger partial charge is 0.311 e. The number of nitriles is 1. The number of benzene rings is 2. The molecule has 0 unspecified atom stereocenters. The Labute approximate surface area is 120 Å². The van der Waals surface area contributed by atoms with Crippen molar-refractivity contribution in [1.82, 2.24) is 0 Å². The molecule has 0 radical (unpaired) electrons. The lowest BCUT2D eigenvalue weighted by atomic mass is 10.1. The zero-order valence-corrected chi connectivity index (χ0v) is 11.4. The van der Waals surface area contributed by atoms with E-state index in [2.05, 4.69) is 0 Å². The third kappa shape index (κ3) is 2.79. The van der Waals surface area contributed by atoms with Crippen LogP contribution in [-0.2, 0) is 0 Å². The quantitative estimate of drug-likeness (QED) is 0.847. The van der Waals surface area contributed by atoms with Crippen molar-refractivity contribution in [2.24, 2.45) is 0 Å². The summed E-state index contributed by atoms with van der Waals surface area (Å²) in [5.74, 6) is -0.874. The van der Waals surface area contributed by atoms with Crippen LogP contribution in [0.1, 0.15) is 15.9 Å². The molecule has 20 heavy (non-hydrogen) atoms. The Bertz CT molecular complexity index is 692. The molecule has 2 rings (SSSR count). The molecule has 100 valence electrons. The van der Waals surface area contributed by atoms with Gasteiger partial charge in [-0.05, 0) is 42.5 Å². The Kier molecular flexibility index (Phi) is 4.02. The Hall–Kier alpha value is -2.38. The minimum Gasteiger partial charge on any atom is -0.311 e. The van der Waals surface area contributed by atoms with Crippen LogP contribution in [0, 0.1) is 17.1 Å². The molecule has 0 aliphatic heterocycles. The van der Waals surface area contributed by atoms with Gasteiger partial charge in [-0.25, -0.2) is 4.39 Å². The highest BCUT2D eigenvalue weighted by Gasteiger charge is 2.15. The molecular weight excluding hydrogens is 279 g/mol. The van der Waals surface area contributed by atoms with Crippen LogP contribution in [0.15, 0.2) is 42.5 Å². The summed E-state index contributed by atoms with van der Waals surface area (Å²) in [7, 11) is 1.60. The molecule has 5 heteroatoms. The van der Waals surface area contributed by atoms with E-state index in [-0.39, 0.29) is 10.9 Å². The topological polar surface area (TPSA) is 44.1 Å².